The van der Waals surface area contributed by atoms with Gasteiger partial charge >= 0.3 is 0 Å². The minimum atomic E-state index is 0.489. The maximum absolute atomic E-state index is 10.8. The molecule has 17 heavy (non-hydrogen) atoms. The van der Waals surface area contributed by atoms with Crippen molar-refractivity contribution in [2.75, 3.05) is 6.61 Å². The monoisotopic (exact) mass is 227 g/mol. The van der Waals surface area contributed by atoms with Gasteiger partial charge in [-0.15, -0.1) is 0 Å². The number of benzene rings is 1. The zero-order valence-corrected chi connectivity index (χ0v) is 9.37. The molecule has 0 radical (unpaired) electrons. The highest BCUT2D eigenvalue weighted by molar-refractivity contribution is 5.73. The van der Waals surface area contributed by atoms with Gasteiger partial charge in [0.05, 0.1) is 5.69 Å². The Kier molecular flexibility index (Phi) is 3.40. The average Bonchev–Trinajstić information content (AvgIpc) is 2.85. The molecule has 2 aromatic rings. The van der Waals surface area contributed by atoms with Crippen molar-refractivity contribution in [3.63, 3.8) is 0 Å². The minimum Gasteiger partial charge on any atom is -0.490 e. The zero-order valence-electron chi connectivity index (χ0n) is 9.37. The lowest BCUT2D eigenvalue weighted by Gasteiger charge is -2.07. The summed E-state index contributed by atoms with van der Waals surface area (Å²) in [6, 6.07) is 11.2. The highest BCUT2D eigenvalue weighted by Gasteiger charge is 2.01. The first-order chi connectivity index (χ1) is 8.35. The molecule has 86 valence electrons. The summed E-state index contributed by atoms with van der Waals surface area (Å²) in [5.41, 5.74) is 1.56. The molecule has 1 aromatic carbocycles. The van der Waals surface area contributed by atoms with E-state index >= 15 is 0 Å². The Bertz CT molecular complexity index is 511. The van der Waals surface area contributed by atoms with E-state index in [9.17, 15) is 4.79 Å². The van der Waals surface area contributed by atoms with Crippen molar-refractivity contribution in [1.82, 2.24) is 4.57 Å². The van der Waals surface area contributed by atoms with Gasteiger partial charge in [0.1, 0.15) is 12.4 Å². The lowest BCUT2D eigenvalue weighted by Crippen LogP contribution is -1.98. The highest BCUT2D eigenvalue weighted by atomic mass is 16.5. The standard InChI is InChI=1S/C14H13NO2/c1-2-10-17-14-7-5-12(6-8-14)15-9-3-4-13(15)11-16/h2-9,11H,1,10H2. The smallest absolute Gasteiger partial charge is 0.166 e. The van der Waals surface area contributed by atoms with Gasteiger partial charge in [0.25, 0.3) is 0 Å². The van der Waals surface area contributed by atoms with E-state index in [1.54, 1.807) is 12.1 Å². The maximum Gasteiger partial charge on any atom is 0.166 e. The van der Waals surface area contributed by atoms with Gasteiger partial charge in [-0.2, -0.15) is 0 Å². The van der Waals surface area contributed by atoms with Crippen LogP contribution in [0.3, 0.4) is 0 Å². The largest absolute Gasteiger partial charge is 0.490 e. The number of aromatic nitrogens is 1. The molecule has 0 saturated heterocycles. The molecule has 0 atom stereocenters. The number of carbonyl (C=O) groups excluding carboxylic acids is 1. The number of hydrogen-bond acceptors (Lipinski definition) is 2. The molecule has 0 unspecified atom stereocenters. The normalized spacial score (nSPS) is 9.88. The predicted octanol–water partition coefficient (Wildman–Crippen LogP) is 2.85. The van der Waals surface area contributed by atoms with Gasteiger partial charge < -0.3 is 9.30 Å². The number of ether oxygens (including phenoxy) is 1. The van der Waals surface area contributed by atoms with Gasteiger partial charge in [-0.25, -0.2) is 0 Å². The van der Waals surface area contributed by atoms with Gasteiger partial charge in [-0.05, 0) is 36.4 Å². The molecule has 0 aliphatic heterocycles. The molecule has 0 saturated carbocycles. The molecule has 0 aliphatic rings. The topological polar surface area (TPSA) is 31.2 Å². The second-order valence-corrected chi connectivity index (χ2v) is 3.51. The van der Waals surface area contributed by atoms with Crippen LogP contribution in [0.2, 0.25) is 0 Å². The van der Waals surface area contributed by atoms with Crippen molar-refractivity contribution in [1.29, 1.82) is 0 Å². The summed E-state index contributed by atoms with van der Waals surface area (Å²) in [5, 5.41) is 0. The molecule has 0 N–H and O–H groups in total. The van der Waals surface area contributed by atoms with Gasteiger partial charge in [-0.3, -0.25) is 4.79 Å². The highest BCUT2D eigenvalue weighted by Crippen LogP contribution is 2.16. The van der Waals surface area contributed by atoms with E-state index in [-0.39, 0.29) is 0 Å². The molecule has 0 amide bonds. The summed E-state index contributed by atoms with van der Waals surface area (Å²) >= 11 is 0. The van der Waals surface area contributed by atoms with Crippen molar-refractivity contribution < 1.29 is 9.53 Å². The Morgan fingerprint density at radius 2 is 2.00 bits per heavy atom. The van der Waals surface area contributed by atoms with Crippen LogP contribution in [0.15, 0.2) is 55.3 Å². The Balaban J connectivity index is 2.23. The lowest BCUT2D eigenvalue weighted by molar-refractivity contribution is 0.111. The SMILES string of the molecule is C=CCOc1ccc(-n2cccc2C=O)cc1. The Hall–Kier alpha value is -2.29. The van der Waals surface area contributed by atoms with Gasteiger partial charge in [0, 0.05) is 11.9 Å². The Morgan fingerprint density at radius 1 is 1.24 bits per heavy atom. The fraction of sp³-hybridized carbons (Fsp3) is 0.0714. The number of rotatable bonds is 5. The fourth-order valence-corrected chi connectivity index (χ4v) is 1.58. The number of hydrogen-bond donors (Lipinski definition) is 0. The van der Waals surface area contributed by atoms with Crippen LogP contribution in [0.4, 0.5) is 0 Å². The second-order valence-electron chi connectivity index (χ2n) is 3.51. The van der Waals surface area contributed by atoms with Gasteiger partial charge in [-0.1, -0.05) is 12.7 Å². The summed E-state index contributed by atoms with van der Waals surface area (Å²) in [7, 11) is 0. The summed E-state index contributed by atoms with van der Waals surface area (Å²) in [4.78, 5) is 10.8. The van der Waals surface area contributed by atoms with Crippen LogP contribution < -0.4 is 4.74 Å². The Labute approximate surface area is 100.0 Å². The minimum absolute atomic E-state index is 0.489. The summed E-state index contributed by atoms with van der Waals surface area (Å²) in [6.45, 7) is 4.08. The van der Waals surface area contributed by atoms with E-state index in [0.29, 0.717) is 12.3 Å². The Morgan fingerprint density at radius 3 is 2.65 bits per heavy atom. The zero-order chi connectivity index (χ0) is 12.1. The molecular weight excluding hydrogens is 214 g/mol. The quantitative estimate of drug-likeness (QED) is 0.581. The van der Waals surface area contributed by atoms with Crippen molar-refractivity contribution >= 4 is 6.29 Å². The third kappa shape index (κ3) is 2.45. The first kappa shape index (κ1) is 11.2. The van der Waals surface area contributed by atoms with Gasteiger partial charge in [0.2, 0.25) is 0 Å². The molecule has 3 nitrogen and oxygen atoms in total. The van der Waals surface area contributed by atoms with E-state index < -0.39 is 0 Å². The average molecular weight is 227 g/mol. The first-order valence-electron chi connectivity index (χ1n) is 5.32. The number of nitrogens with zero attached hydrogens (tertiary/aromatic N) is 1. The molecule has 3 heteroatoms. The summed E-state index contributed by atoms with van der Waals surface area (Å²) in [5.74, 6) is 0.786. The molecule has 1 heterocycles. The van der Waals surface area contributed by atoms with Crippen LogP contribution in [0, 0.1) is 0 Å². The second kappa shape index (κ2) is 5.16. The number of aldehydes is 1. The van der Waals surface area contributed by atoms with Crippen LogP contribution >= 0.6 is 0 Å². The first-order valence-corrected chi connectivity index (χ1v) is 5.32. The molecule has 0 aliphatic carbocycles. The van der Waals surface area contributed by atoms with Crippen molar-refractivity contribution in [2.45, 2.75) is 0 Å². The van der Waals surface area contributed by atoms with Crippen molar-refractivity contribution in [3.05, 3.63) is 60.9 Å². The van der Waals surface area contributed by atoms with E-state index in [2.05, 4.69) is 6.58 Å². The van der Waals surface area contributed by atoms with E-state index in [1.807, 2.05) is 41.1 Å². The molecule has 0 fully saturated rings. The summed E-state index contributed by atoms with van der Waals surface area (Å²) in [6.07, 6.45) is 4.38. The molecule has 2 rings (SSSR count). The molecular formula is C14H13NO2. The molecule has 0 spiro atoms. The van der Waals surface area contributed by atoms with Gasteiger partial charge in [0.15, 0.2) is 6.29 Å². The van der Waals surface area contributed by atoms with Crippen LogP contribution in [-0.4, -0.2) is 17.5 Å². The van der Waals surface area contributed by atoms with Crippen LogP contribution in [0.25, 0.3) is 5.69 Å². The number of carbonyl (C=O) groups is 1. The maximum atomic E-state index is 10.8. The third-order valence-electron chi connectivity index (χ3n) is 2.38. The molecule has 1 aromatic heterocycles. The predicted molar refractivity (Wildman–Crippen MR) is 66.8 cm³/mol. The van der Waals surface area contributed by atoms with Crippen LogP contribution in [0.1, 0.15) is 10.5 Å². The van der Waals surface area contributed by atoms with E-state index in [1.165, 1.54) is 0 Å². The van der Waals surface area contributed by atoms with E-state index in [0.717, 1.165) is 17.7 Å². The summed E-state index contributed by atoms with van der Waals surface area (Å²) < 4.78 is 7.21. The molecule has 0 bridgehead atoms. The van der Waals surface area contributed by atoms with Crippen molar-refractivity contribution in [2.24, 2.45) is 0 Å². The third-order valence-corrected chi connectivity index (χ3v) is 2.38. The van der Waals surface area contributed by atoms with Crippen LogP contribution in [-0.2, 0) is 0 Å². The lowest BCUT2D eigenvalue weighted by atomic mass is 10.3. The van der Waals surface area contributed by atoms with E-state index in [4.69, 9.17) is 4.74 Å². The fourth-order valence-electron chi connectivity index (χ4n) is 1.58. The van der Waals surface area contributed by atoms with Crippen molar-refractivity contribution in [3.8, 4) is 11.4 Å². The van der Waals surface area contributed by atoms with Crippen LogP contribution in [0.5, 0.6) is 5.75 Å².